The fraction of sp³-hybridized carbons (Fsp3) is 0.238. The molecule has 0 unspecified atom stereocenters. The number of alkyl halides is 3. The number of halogens is 4. The van der Waals surface area contributed by atoms with Gasteiger partial charge < -0.3 is 9.47 Å². The third-order valence-corrected chi connectivity index (χ3v) is 6.49. The van der Waals surface area contributed by atoms with E-state index in [9.17, 15) is 26.4 Å². The zero-order chi connectivity index (χ0) is 24.4. The van der Waals surface area contributed by atoms with Gasteiger partial charge in [0.2, 0.25) is 0 Å². The number of nitrogens with one attached hydrogen (secondary N) is 1. The largest absolute Gasteiger partial charge is 0.495 e. The molecule has 176 valence electrons. The highest BCUT2D eigenvalue weighted by atomic mass is 35.5. The van der Waals surface area contributed by atoms with Crippen LogP contribution >= 0.6 is 11.6 Å². The van der Waals surface area contributed by atoms with Crippen LogP contribution in [0, 0.1) is 0 Å². The molecule has 0 spiro atoms. The van der Waals surface area contributed by atoms with Gasteiger partial charge in [0.25, 0.3) is 0 Å². The SMILES string of the molecule is CCOC(=O)CS(=O)(=O)c1ccc(-c2[nH]nc(C(F)(F)F)c2-c2ccc(OC)c(Cl)c2)cc1. The number of esters is 1. The molecule has 1 N–H and O–H groups in total. The number of ether oxygens (including phenoxy) is 2. The van der Waals surface area contributed by atoms with Crippen LogP contribution in [0.4, 0.5) is 13.2 Å². The molecule has 3 aromatic rings. The lowest BCUT2D eigenvalue weighted by Gasteiger charge is -2.11. The number of methoxy groups -OCH3 is 1. The zero-order valence-corrected chi connectivity index (χ0v) is 18.9. The van der Waals surface area contributed by atoms with Gasteiger partial charge in [0.05, 0.1) is 29.3 Å². The van der Waals surface area contributed by atoms with Crippen LogP contribution in [-0.2, 0) is 25.5 Å². The van der Waals surface area contributed by atoms with Gasteiger partial charge in [0.15, 0.2) is 21.3 Å². The molecule has 0 aliphatic heterocycles. The van der Waals surface area contributed by atoms with E-state index >= 15 is 0 Å². The molecule has 0 saturated heterocycles. The Labute approximate surface area is 192 Å². The third kappa shape index (κ3) is 5.31. The van der Waals surface area contributed by atoms with Gasteiger partial charge in [0.1, 0.15) is 5.75 Å². The number of hydrogen-bond acceptors (Lipinski definition) is 6. The van der Waals surface area contributed by atoms with Crippen molar-refractivity contribution in [2.24, 2.45) is 0 Å². The Balaban J connectivity index is 2.06. The van der Waals surface area contributed by atoms with Crippen molar-refractivity contribution < 1.29 is 35.9 Å². The zero-order valence-electron chi connectivity index (χ0n) is 17.4. The van der Waals surface area contributed by atoms with Gasteiger partial charge >= 0.3 is 12.1 Å². The maximum absolute atomic E-state index is 13.7. The summed E-state index contributed by atoms with van der Waals surface area (Å²) in [6.07, 6.45) is -4.76. The molecule has 12 heteroatoms. The molecule has 0 saturated carbocycles. The molecular formula is C21H18ClF3N2O5S. The minimum absolute atomic E-state index is 0.0119. The fourth-order valence-corrected chi connectivity index (χ4v) is 4.50. The summed E-state index contributed by atoms with van der Waals surface area (Å²) in [6, 6.07) is 9.19. The number of sulfone groups is 1. The van der Waals surface area contributed by atoms with E-state index in [-0.39, 0.29) is 44.7 Å². The van der Waals surface area contributed by atoms with E-state index in [1.54, 1.807) is 6.92 Å². The van der Waals surface area contributed by atoms with E-state index in [0.717, 1.165) is 0 Å². The first-order valence-electron chi connectivity index (χ1n) is 9.46. The first-order chi connectivity index (χ1) is 15.5. The number of aromatic amines is 1. The van der Waals surface area contributed by atoms with Crippen LogP contribution in [0.15, 0.2) is 47.4 Å². The Hall–Kier alpha value is -3.05. The fourth-order valence-electron chi connectivity index (χ4n) is 3.13. The molecule has 1 aromatic heterocycles. The molecule has 0 atom stereocenters. The lowest BCUT2D eigenvalue weighted by Crippen LogP contribution is -2.18. The number of rotatable bonds is 7. The second-order valence-corrected chi connectivity index (χ2v) is 9.15. The molecule has 1 heterocycles. The average Bonchev–Trinajstić information content (AvgIpc) is 3.19. The van der Waals surface area contributed by atoms with E-state index in [4.69, 9.17) is 16.3 Å². The first kappa shape index (κ1) is 24.6. The van der Waals surface area contributed by atoms with Crippen LogP contribution in [0.25, 0.3) is 22.4 Å². The van der Waals surface area contributed by atoms with E-state index in [0.29, 0.717) is 0 Å². The Kier molecular flexibility index (Phi) is 7.03. The van der Waals surface area contributed by atoms with E-state index < -0.39 is 33.4 Å². The summed E-state index contributed by atoms with van der Waals surface area (Å²) < 4.78 is 75.4. The number of benzene rings is 2. The smallest absolute Gasteiger partial charge is 0.435 e. The van der Waals surface area contributed by atoms with Crippen molar-refractivity contribution in [1.82, 2.24) is 10.2 Å². The minimum atomic E-state index is -4.76. The number of carbonyl (C=O) groups is 1. The number of nitrogens with zero attached hydrogens (tertiary/aromatic N) is 1. The molecule has 7 nitrogen and oxygen atoms in total. The Bertz CT molecular complexity index is 1270. The summed E-state index contributed by atoms with van der Waals surface area (Å²) in [5.74, 6) is -1.46. The highest BCUT2D eigenvalue weighted by Gasteiger charge is 2.38. The van der Waals surface area contributed by atoms with Crippen LogP contribution < -0.4 is 4.74 Å². The predicted octanol–water partition coefficient (Wildman–Crippen LogP) is 4.76. The second-order valence-electron chi connectivity index (χ2n) is 6.76. The summed E-state index contributed by atoms with van der Waals surface area (Å²) in [5.41, 5.74) is -1.02. The minimum Gasteiger partial charge on any atom is -0.495 e. The quantitative estimate of drug-likeness (QED) is 0.468. The molecule has 0 aliphatic carbocycles. The van der Waals surface area contributed by atoms with Crippen LogP contribution in [0.3, 0.4) is 0 Å². The van der Waals surface area contributed by atoms with Crippen molar-refractivity contribution in [3.05, 3.63) is 53.2 Å². The van der Waals surface area contributed by atoms with Crippen LogP contribution in [0.5, 0.6) is 5.75 Å². The van der Waals surface area contributed by atoms with Crippen LogP contribution in [-0.4, -0.2) is 44.1 Å². The molecule has 0 fully saturated rings. The van der Waals surface area contributed by atoms with Crippen LogP contribution in [0.1, 0.15) is 12.6 Å². The Morgan fingerprint density at radius 2 is 1.76 bits per heavy atom. The molecule has 2 aromatic carbocycles. The van der Waals surface area contributed by atoms with Crippen molar-refractivity contribution in [3.8, 4) is 28.1 Å². The first-order valence-corrected chi connectivity index (χ1v) is 11.5. The molecule has 33 heavy (non-hydrogen) atoms. The molecule has 3 rings (SSSR count). The lowest BCUT2D eigenvalue weighted by atomic mass is 9.98. The van der Waals surface area contributed by atoms with Crippen molar-refractivity contribution in [1.29, 1.82) is 0 Å². The predicted molar refractivity (Wildman–Crippen MR) is 115 cm³/mol. The van der Waals surface area contributed by atoms with Gasteiger partial charge in [0, 0.05) is 11.1 Å². The summed E-state index contributed by atoms with van der Waals surface area (Å²) in [7, 11) is -2.61. The van der Waals surface area contributed by atoms with Gasteiger partial charge in [-0.3, -0.25) is 9.89 Å². The topological polar surface area (TPSA) is 98.4 Å². The van der Waals surface area contributed by atoms with E-state index in [2.05, 4.69) is 14.9 Å². The van der Waals surface area contributed by atoms with Gasteiger partial charge in [-0.15, -0.1) is 0 Å². The highest BCUT2D eigenvalue weighted by molar-refractivity contribution is 7.92. The monoisotopic (exact) mass is 502 g/mol. The van der Waals surface area contributed by atoms with Crippen molar-refractivity contribution in [2.75, 3.05) is 19.5 Å². The number of hydrogen-bond donors (Lipinski definition) is 1. The van der Waals surface area contributed by atoms with Gasteiger partial charge in [-0.2, -0.15) is 18.3 Å². The number of carbonyl (C=O) groups excluding carboxylic acids is 1. The maximum Gasteiger partial charge on any atom is 0.435 e. The van der Waals surface area contributed by atoms with Gasteiger partial charge in [-0.1, -0.05) is 29.8 Å². The van der Waals surface area contributed by atoms with E-state index in [1.807, 2.05) is 0 Å². The maximum atomic E-state index is 13.7. The molecular weight excluding hydrogens is 485 g/mol. The normalized spacial score (nSPS) is 11.9. The summed E-state index contributed by atoms with van der Waals surface area (Å²) in [4.78, 5) is 11.4. The van der Waals surface area contributed by atoms with Gasteiger partial charge in [-0.25, -0.2) is 8.42 Å². The molecule has 0 amide bonds. The average molecular weight is 503 g/mol. The van der Waals surface area contributed by atoms with E-state index in [1.165, 1.54) is 49.6 Å². The second kappa shape index (κ2) is 9.44. The van der Waals surface area contributed by atoms with Crippen molar-refractivity contribution in [3.63, 3.8) is 0 Å². The molecule has 0 aliphatic rings. The molecule has 0 bridgehead atoms. The third-order valence-electron chi connectivity index (χ3n) is 4.59. The Morgan fingerprint density at radius 1 is 1.12 bits per heavy atom. The molecule has 0 radical (unpaired) electrons. The summed E-state index contributed by atoms with van der Waals surface area (Å²) in [6.45, 7) is 1.58. The number of H-pyrrole nitrogens is 1. The Morgan fingerprint density at radius 3 is 2.30 bits per heavy atom. The number of aromatic nitrogens is 2. The summed E-state index contributed by atoms with van der Waals surface area (Å²) >= 11 is 6.10. The lowest BCUT2D eigenvalue weighted by molar-refractivity contribution is -0.141. The van der Waals surface area contributed by atoms with Gasteiger partial charge in [-0.05, 0) is 36.8 Å². The summed E-state index contributed by atoms with van der Waals surface area (Å²) in [5, 5.41) is 5.93. The van der Waals surface area contributed by atoms with Crippen LogP contribution in [0.2, 0.25) is 5.02 Å². The van der Waals surface area contributed by atoms with Crippen molar-refractivity contribution in [2.45, 2.75) is 18.0 Å². The highest BCUT2D eigenvalue weighted by Crippen LogP contribution is 2.42. The van der Waals surface area contributed by atoms with Crippen molar-refractivity contribution >= 4 is 27.4 Å². The standard InChI is InChI=1S/C21H18ClF3N2O5S/c1-3-32-17(28)11-33(29,30)14-7-4-12(5-8-14)19-18(20(27-26-19)21(23,24)25)13-6-9-16(31-2)15(22)10-13/h4-10H,3,11H2,1-2H3,(H,26,27).